The zero-order chi connectivity index (χ0) is 23.9. The zero-order valence-electron chi connectivity index (χ0n) is 18.1. The number of ether oxygens (including phenoxy) is 1. The highest BCUT2D eigenvalue weighted by Crippen LogP contribution is 2.57. The molecule has 0 bridgehead atoms. The van der Waals surface area contributed by atoms with Crippen LogP contribution in [0.2, 0.25) is 0 Å². The van der Waals surface area contributed by atoms with Crippen molar-refractivity contribution in [2.75, 3.05) is 18.6 Å². The van der Waals surface area contributed by atoms with Gasteiger partial charge in [-0.05, 0) is 25.5 Å². The molecule has 4 aliphatic rings. The lowest BCUT2D eigenvalue weighted by atomic mass is 9.76. The minimum absolute atomic E-state index is 0.0591. The van der Waals surface area contributed by atoms with Crippen molar-refractivity contribution < 1.29 is 28.8 Å². The molecule has 2 aromatic rings. The van der Waals surface area contributed by atoms with Crippen LogP contribution in [0, 0.1) is 22.0 Å². The van der Waals surface area contributed by atoms with Crippen LogP contribution in [-0.2, 0) is 9.59 Å². The fourth-order valence-electron chi connectivity index (χ4n) is 6.44. The second-order valence-corrected chi connectivity index (χ2v) is 9.00. The number of carbonyl (C=O) groups excluding carboxylic acids is 4. The summed E-state index contributed by atoms with van der Waals surface area (Å²) >= 11 is 0. The average molecular weight is 461 g/mol. The first-order chi connectivity index (χ1) is 16.3. The predicted molar refractivity (Wildman–Crippen MR) is 117 cm³/mol. The molecule has 6 rings (SSSR count). The molecule has 0 N–H and O–H groups in total. The lowest BCUT2D eigenvalue weighted by molar-refractivity contribution is -0.384. The van der Waals surface area contributed by atoms with Gasteiger partial charge in [0.1, 0.15) is 11.4 Å². The Kier molecular flexibility index (Phi) is 4.13. The smallest absolute Gasteiger partial charge is 0.271 e. The number of fused-ring (bicyclic) bond motifs is 6. The first-order valence-electron chi connectivity index (χ1n) is 11.0. The molecule has 10 nitrogen and oxygen atoms in total. The number of Topliss-reactive ketones (excluding diaryl/α,β-unsaturated/α-hetero) is 2. The molecule has 172 valence electrons. The molecule has 0 saturated carbocycles. The SMILES string of the molecule is COc1ccc([N+](=O)[O-])cc1N1C(=O)C2C3CCCN3C3(C(=O)c4ccccc4C3=O)C2C1=O. The summed E-state index contributed by atoms with van der Waals surface area (Å²) in [6, 6.07) is 9.69. The van der Waals surface area contributed by atoms with E-state index in [1.807, 2.05) is 0 Å². The fraction of sp³-hybridized carbons (Fsp3) is 0.333. The van der Waals surface area contributed by atoms with E-state index in [0.29, 0.717) is 19.4 Å². The van der Waals surface area contributed by atoms with Crippen LogP contribution in [0.4, 0.5) is 11.4 Å². The molecule has 10 heteroatoms. The van der Waals surface area contributed by atoms with Crippen LogP contribution in [0.1, 0.15) is 33.6 Å². The van der Waals surface area contributed by atoms with Crippen LogP contribution in [-0.4, -0.2) is 58.4 Å². The molecule has 3 atom stereocenters. The molecular weight excluding hydrogens is 442 g/mol. The molecule has 2 aromatic carbocycles. The first-order valence-corrected chi connectivity index (χ1v) is 11.0. The van der Waals surface area contributed by atoms with Crippen molar-refractivity contribution >= 4 is 34.8 Å². The highest BCUT2D eigenvalue weighted by molar-refractivity contribution is 6.38. The van der Waals surface area contributed by atoms with Crippen molar-refractivity contribution in [1.82, 2.24) is 4.90 Å². The first kappa shape index (κ1) is 20.7. The Labute approximate surface area is 193 Å². The number of benzene rings is 2. The van der Waals surface area contributed by atoms with Crippen molar-refractivity contribution in [1.29, 1.82) is 0 Å². The highest BCUT2D eigenvalue weighted by Gasteiger charge is 2.77. The van der Waals surface area contributed by atoms with Crippen molar-refractivity contribution in [3.8, 4) is 5.75 Å². The summed E-state index contributed by atoms with van der Waals surface area (Å²) in [5.74, 6) is -4.19. The minimum atomic E-state index is -1.77. The summed E-state index contributed by atoms with van der Waals surface area (Å²) < 4.78 is 5.29. The highest BCUT2D eigenvalue weighted by atomic mass is 16.6. The summed E-state index contributed by atoms with van der Waals surface area (Å²) in [6.45, 7) is 0.434. The van der Waals surface area contributed by atoms with Crippen LogP contribution in [0.5, 0.6) is 5.75 Å². The maximum Gasteiger partial charge on any atom is 0.271 e. The van der Waals surface area contributed by atoms with Gasteiger partial charge >= 0.3 is 0 Å². The number of hydrogen-bond acceptors (Lipinski definition) is 8. The van der Waals surface area contributed by atoms with Gasteiger partial charge in [0.25, 0.3) is 5.69 Å². The summed E-state index contributed by atoms with van der Waals surface area (Å²) in [6.07, 6.45) is 1.26. The summed E-state index contributed by atoms with van der Waals surface area (Å²) in [4.78, 5) is 68.7. The topological polar surface area (TPSA) is 127 Å². The Hall–Kier alpha value is -3.92. The monoisotopic (exact) mass is 461 g/mol. The van der Waals surface area contributed by atoms with Crippen molar-refractivity contribution in [2.45, 2.75) is 24.4 Å². The lowest BCUT2D eigenvalue weighted by Gasteiger charge is -2.35. The average Bonchev–Trinajstić information content (AvgIpc) is 3.53. The minimum Gasteiger partial charge on any atom is -0.495 e. The maximum absolute atomic E-state index is 13.9. The Morgan fingerprint density at radius 1 is 1.03 bits per heavy atom. The number of nitro benzene ring substituents is 1. The predicted octanol–water partition coefficient (Wildman–Crippen LogP) is 2.00. The van der Waals surface area contributed by atoms with E-state index in [1.165, 1.54) is 19.2 Å². The third-order valence-corrected chi connectivity index (χ3v) is 7.69. The number of ketones is 2. The maximum atomic E-state index is 13.9. The van der Waals surface area contributed by atoms with Gasteiger partial charge in [0, 0.05) is 29.3 Å². The molecule has 3 fully saturated rings. The molecule has 0 radical (unpaired) electrons. The molecular formula is C24H19N3O7. The second kappa shape index (κ2) is 6.80. The van der Waals surface area contributed by atoms with Crippen LogP contribution >= 0.6 is 0 Å². The summed E-state index contributed by atoms with van der Waals surface area (Å²) in [5.41, 5.74) is -1.64. The van der Waals surface area contributed by atoms with Crippen molar-refractivity contribution in [3.63, 3.8) is 0 Å². The van der Waals surface area contributed by atoms with E-state index in [4.69, 9.17) is 4.74 Å². The molecule has 1 aliphatic carbocycles. The normalized spacial score (nSPS) is 26.9. The Morgan fingerprint density at radius 3 is 2.32 bits per heavy atom. The van der Waals surface area contributed by atoms with Gasteiger partial charge in [-0.3, -0.25) is 34.2 Å². The van der Waals surface area contributed by atoms with Gasteiger partial charge in [-0.1, -0.05) is 24.3 Å². The Balaban J connectivity index is 1.54. The van der Waals surface area contributed by atoms with Gasteiger partial charge in [0.2, 0.25) is 11.8 Å². The fourth-order valence-corrected chi connectivity index (χ4v) is 6.44. The number of hydrogen-bond donors (Lipinski definition) is 0. The van der Waals surface area contributed by atoms with Gasteiger partial charge in [0.05, 0.1) is 23.9 Å². The molecule has 2 amide bonds. The number of imide groups is 1. The van der Waals surface area contributed by atoms with Gasteiger partial charge in [-0.2, -0.15) is 0 Å². The third kappa shape index (κ3) is 2.23. The van der Waals surface area contributed by atoms with Gasteiger partial charge in [-0.25, -0.2) is 4.90 Å². The van der Waals surface area contributed by atoms with Crippen LogP contribution in [0.15, 0.2) is 42.5 Å². The van der Waals surface area contributed by atoms with E-state index >= 15 is 0 Å². The van der Waals surface area contributed by atoms with Gasteiger partial charge < -0.3 is 4.74 Å². The Morgan fingerprint density at radius 2 is 1.71 bits per heavy atom. The lowest BCUT2D eigenvalue weighted by Crippen LogP contribution is -2.59. The molecule has 3 saturated heterocycles. The molecule has 1 spiro atoms. The van der Waals surface area contributed by atoms with Crippen LogP contribution in [0.25, 0.3) is 0 Å². The van der Waals surface area contributed by atoms with Crippen molar-refractivity contribution in [3.05, 3.63) is 63.7 Å². The number of nitrogens with zero attached hydrogens (tertiary/aromatic N) is 3. The van der Waals surface area contributed by atoms with E-state index in [2.05, 4.69) is 0 Å². The van der Waals surface area contributed by atoms with E-state index < -0.39 is 51.7 Å². The second-order valence-electron chi connectivity index (χ2n) is 9.00. The van der Waals surface area contributed by atoms with E-state index in [9.17, 15) is 29.3 Å². The number of anilines is 1. The van der Waals surface area contributed by atoms with Crippen LogP contribution < -0.4 is 9.64 Å². The van der Waals surface area contributed by atoms with E-state index in [-0.39, 0.29) is 28.3 Å². The van der Waals surface area contributed by atoms with Gasteiger partial charge in [0.15, 0.2) is 17.1 Å². The number of rotatable bonds is 3. The van der Waals surface area contributed by atoms with Crippen molar-refractivity contribution in [2.24, 2.45) is 11.8 Å². The quantitative estimate of drug-likeness (QED) is 0.294. The molecule has 3 unspecified atom stereocenters. The number of amides is 2. The molecule has 0 aromatic heterocycles. The number of methoxy groups -OCH3 is 1. The van der Waals surface area contributed by atoms with E-state index in [1.54, 1.807) is 29.2 Å². The summed E-state index contributed by atoms with van der Waals surface area (Å²) in [7, 11) is 1.33. The third-order valence-electron chi connectivity index (χ3n) is 7.69. The van der Waals surface area contributed by atoms with Crippen LogP contribution in [0.3, 0.4) is 0 Å². The number of non-ortho nitro benzene ring substituents is 1. The molecule has 3 aliphatic heterocycles. The summed E-state index contributed by atoms with van der Waals surface area (Å²) in [5, 5.41) is 11.4. The Bertz CT molecular complexity index is 1300. The van der Waals surface area contributed by atoms with E-state index in [0.717, 1.165) is 11.0 Å². The molecule has 34 heavy (non-hydrogen) atoms. The number of nitro groups is 1. The van der Waals surface area contributed by atoms with Gasteiger partial charge in [-0.15, -0.1) is 0 Å². The zero-order valence-corrected chi connectivity index (χ0v) is 18.1. The standard InChI is InChI=1S/C24H19N3O7/c1-34-17-9-8-12(27(32)33)11-16(17)26-22(30)18-15-7-4-10-25(15)24(19(18)23(26)31)20(28)13-5-2-3-6-14(13)21(24)29/h2-3,5-6,8-9,11,15,18-19H,4,7,10H2,1H3. The largest absolute Gasteiger partial charge is 0.495 e. The molecule has 3 heterocycles. The number of carbonyl (C=O) groups is 4.